The van der Waals surface area contributed by atoms with Gasteiger partial charge in [-0.3, -0.25) is 0 Å². The molecule has 2 nitrogen and oxygen atoms in total. The number of aryl methyl sites for hydroxylation is 1. The largest absolute Gasteiger partial charge is 0.400 e. The van der Waals surface area contributed by atoms with E-state index in [0.29, 0.717) is 12.1 Å². The quantitative estimate of drug-likeness (QED) is 0.137. The molecule has 0 amide bonds. The van der Waals surface area contributed by atoms with Crippen molar-refractivity contribution in [3.63, 3.8) is 0 Å². The van der Waals surface area contributed by atoms with Crippen LogP contribution in [0.2, 0.25) is 0 Å². The van der Waals surface area contributed by atoms with E-state index in [1.165, 1.54) is 23.4 Å². The topological polar surface area (TPSA) is 25.8 Å². The minimum atomic E-state index is -5.11. The summed E-state index contributed by atoms with van der Waals surface area (Å²) >= 11 is 0. The maximum absolute atomic E-state index is 12.8. The van der Waals surface area contributed by atoms with Crippen LogP contribution in [-0.4, -0.2) is 9.97 Å². The number of pyridine rings is 2. The van der Waals surface area contributed by atoms with Crippen LogP contribution in [0.25, 0.3) is 33.6 Å². The fourth-order valence-electron chi connectivity index (χ4n) is 3.68. The molecule has 0 unspecified atom stereocenters. The maximum Gasteiger partial charge on any atom is 0.400 e. The first-order valence-electron chi connectivity index (χ1n) is 11.6. The standard InChI is InChI=1S/C17H12N.C14H8F6N.Ir/c1-3-7-14(8-4-1)16-11-12-18-17(13-16)15-9-5-2-6-10-15;1-8-2-5-12(21-7-8)9-3-4-10(13(15,16)17)11(6-9)14(18,19)20;/h1-9,11-13H;2,4-7H,1H3;/q2*-1;. The Hall–Kier alpha value is -3.81. The van der Waals surface area contributed by atoms with Gasteiger partial charge >= 0.3 is 12.4 Å². The second-order valence-corrected chi connectivity index (χ2v) is 8.46. The van der Waals surface area contributed by atoms with Gasteiger partial charge in [0.25, 0.3) is 0 Å². The summed E-state index contributed by atoms with van der Waals surface area (Å²) in [5, 5.41) is 0. The van der Waals surface area contributed by atoms with E-state index in [0.717, 1.165) is 16.8 Å². The molecular formula is C31H20F6IrN2-2. The number of hydrogen-bond acceptors (Lipinski definition) is 2. The van der Waals surface area contributed by atoms with Crippen LogP contribution in [0, 0.1) is 19.1 Å². The monoisotopic (exact) mass is 727 g/mol. The first-order chi connectivity index (χ1) is 18.5. The Labute approximate surface area is 241 Å². The minimum Gasteiger partial charge on any atom is -0.305 e. The third kappa shape index (κ3) is 7.87. The van der Waals surface area contributed by atoms with Gasteiger partial charge in [-0.1, -0.05) is 48.5 Å². The predicted octanol–water partition coefficient (Wildman–Crippen LogP) is 9.11. The van der Waals surface area contributed by atoms with Crippen molar-refractivity contribution in [2.75, 3.05) is 0 Å². The number of rotatable bonds is 3. The molecule has 5 rings (SSSR count). The van der Waals surface area contributed by atoms with Gasteiger partial charge in [0.2, 0.25) is 0 Å². The number of aromatic nitrogens is 2. The van der Waals surface area contributed by atoms with Crippen molar-refractivity contribution >= 4 is 0 Å². The summed E-state index contributed by atoms with van der Waals surface area (Å²) in [4.78, 5) is 8.29. The fourth-order valence-corrected chi connectivity index (χ4v) is 3.68. The number of hydrogen-bond donors (Lipinski definition) is 0. The van der Waals surface area contributed by atoms with E-state index < -0.39 is 23.5 Å². The molecular weight excluding hydrogens is 707 g/mol. The zero-order chi connectivity index (χ0) is 28.0. The molecule has 0 N–H and O–H groups in total. The van der Waals surface area contributed by atoms with E-state index in [1.54, 1.807) is 13.0 Å². The Kier molecular flexibility index (Phi) is 10.0. The first-order valence-corrected chi connectivity index (χ1v) is 11.6. The number of halogens is 6. The van der Waals surface area contributed by atoms with Gasteiger partial charge in [0.05, 0.1) is 0 Å². The van der Waals surface area contributed by atoms with Crippen molar-refractivity contribution in [2.45, 2.75) is 19.3 Å². The van der Waals surface area contributed by atoms with Gasteiger partial charge in [-0.2, -0.15) is 26.3 Å². The molecule has 0 bridgehead atoms. The van der Waals surface area contributed by atoms with Crippen molar-refractivity contribution < 1.29 is 46.4 Å². The van der Waals surface area contributed by atoms with E-state index >= 15 is 0 Å². The molecule has 0 aliphatic heterocycles. The van der Waals surface area contributed by atoms with Gasteiger partial charge in [-0.25, -0.2) is 0 Å². The third-order valence-electron chi connectivity index (χ3n) is 5.60. The molecule has 5 aromatic rings. The van der Waals surface area contributed by atoms with Crippen molar-refractivity contribution in [1.82, 2.24) is 9.97 Å². The molecule has 40 heavy (non-hydrogen) atoms. The second kappa shape index (κ2) is 13.0. The molecule has 0 aliphatic rings. The Bertz CT molecular complexity index is 1460. The van der Waals surface area contributed by atoms with Gasteiger partial charge in [0.15, 0.2) is 0 Å². The Balaban J connectivity index is 0.000000217. The number of nitrogens with zero attached hydrogens (tertiary/aromatic N) is 2. The summed E-state index contributed by atoms with van der Waals surface area (Å²) < 4.78 is 76.3. The Morgan fingerprint density at radius 3 is 1.93 bits per heavy atom. The molecule has 0 aliphatic carbocycles. The molecule has 2 aromatic heterocycles. The number of alkyl halides is 6. The van der Waals surface area contributed by atoms with Crippen LogP contribution in [0.15, 0.2) is 103 Å². The van der Waals surface area contributed by atoms with Gasteiger partial charge in [-0.15, -0.1) is 59.7 Å². The van der Waals surface area contributed by atoms with E-state index in [1.807, 2.05) is 54.7 Å². The van der Waals surface area contributed by atoms with E-state index in [9.17, 15) is 26.3 Å². The molecule has 0 saturated carbocycles. The molecule has 1 radical (unpaired) electrons. The van der Waals surface area contributed by atoms with E-state index in [4.69, 9.17) is 0 Å². The second-order valence-electron chi connectivity index (χ2n) is 8.46. The normalized spacial score (nSPS) is 11.2. The average Bonchev–Trinajstić information content (AvgIpc) is 2.94. The molecule has 207 valence electrons. The van der Waals surface area contributed by atoms with Crippen LogP contribution < -0.4 is 0 Å². The third-order valence-corrected chi connectivity index (χ3v) is 5.60. The van der Waals surface area contributed by atoms with Gasteiger partial charge in [0.1, 0.15) is 0 Å². The van der Waals surface area contributed by atoms with Crippen LogP contribution in [-0.2, 0) is 32.5 Å². The van der Waals surface area contributed by atoms with E-state index in [2.05, 4.69) is 40.3 Å². The van der Waals surface area contributed by atoms with Crippen molar-refractivity contribution in [3.8, 4) is 33.6 Å². The SMILES string of the molecule is Cc1ccc(-c2[c-]cc(C(F)(F)F)c(C(F)(F)F)c2)nc1.[Ir].[c-]1ccccc1-c1cc(-c2ccccc2)ccn1. The Morgan fingerprint density at radius 1 is 0.625 bits per heavy atom. The zero-order valence-electron chi connectivity index (χ0n) is 20.8. The van der Waals surface area contributed by atoms with Crippen LogP contribution in [0.1, 0.15) is 16.7 Å². The fraction of sp³-hybridized carbons (Fsp3) is 0.0968. The maximum atomic E-state index is 12.8. The van der Waals surface area contributed by atoms with E-state index in [-0.39, 0.29) is 31.4 Å². The van der Waals surface area contributed by atoms with Gasteiger partial charge < -0.3 is 9.97 Å². The van der Waals surface area contributed by atoms with Gasteiger partial charge in [-0.05, 0) is 52.2 Å². The number of benzene rings is 3. The summed E-state index contributed by atoms with van der Waals surface area (Å²) in [5.74, 6) is 0. The van der Waals surface area contributed by atoms with Crippen LogP contribution >= 0.6 is 0 Å². The summed E-state index contributed by atoms with van der Waals surface area (Å²) in [6.07, 6.45) is -6.95. The van der Waals surface area contributed by atoms with Crippen molar-refractivity contribution in [2.24, 2.45) is 0 Å². The average molecular weight is 727 g/mol. The van der Waals surface area contributed by atoms with Crippen LogP contribution in [0.5, 0.6) is 0 Å². The summed E-state index contributed by atoms with van der Waals surface area (Å²) in [6.45, 7) is 1.73. The van der Waals surface area contributed by atoms with Crippen molar-refractivity contribution in [3.05, 3.63) is 132 Å². The first kappa shape index (κ1) is 30.7. The molecule has 9 heteroatoms. The molecule has 0 atom stereocenters. The molecule has 2 heterocycles. The molecule has 0 spiro atoms. The summed E-state index contributed by atoms with van der Waals surface area (Å²) in [7, 11) is 0. The minimum absolute atomic E-state index is 0. The summed E-state index contributed by atoms with van der Waals surface area (Å²) in [5.41, 5.74) is 1.62. The van der Waals surface area contributed by atoms with Gasteiger partial charge in [0, 0.05) is 32.5 Å². The van der Waals surface area contributed by atoms with Crippen LogP contribution in [0.3, 0.4) is 0 Å². The smallest absolute Gasteiger partial charge is 0.305 e. The molecule has 0 saturated heterocycles. The van der Waals surface area contributed by atoms with Crippen LogP contribution in [0.4, 0.5) is 26.3 Å². The zero-order valence-corrected chi connectivity index (χ0v) is 23.2. The predicted molar refractivity (Wildman–Crippen MR) is 137 cm³/mol. The molecule has 3 aromatic carbocycles. The molecule has 0 fully saturated rings. The summed E-state index contributed by atoms with van der Waals surface area (Å²) in [6, 6.07) is 31.5. The van der Waals surface area contributed by atoms with Crippen molar-refractivity contribution in [1.29, 1.82) is 0 Å². The Morgan fingerprint density at radius 2 is 1.32 bits per heavy atom.